The number of aliphatic carboxylic acids is 4. The van der Waals surface area contributed by atoms with Crippen molar-refractivity contribution in [1.82, 2.24) is 18.9 Å². The fraction of sp³-hybridized carbons (Fsp3) is 0.917. The number of aliphatic hydroxyl groups excluding tert-OH is 11. The van der Waals surface area contributed by atoms with E-state index in [1.807, 2.05) is 0 Å². The Bertz CT molecular complexity index is 5590. The number of rotatable bonds is 44. The van der Waals surface area contributed by atoms with E-state index >= 15 is 0 Å². The molecule has 0 unspecified atom stereocenters. The highest BCUT2D eigenvalue weighted by molar-refractivity contribution is 7.85. The lowest BCUT2D eigenvalue weighted by Crippen LogP contribution is -2.72. The molecule has 8 rings (SSSR count). The molecule has 40 atom stereocenters. The van der Waals surface area contributed by atoms with Gasteiger partial charge in [-0.05, 0) is 0 Å². The van der Waals surface area contributed by atoms with Crippen LogP contribution in [0, 0.1) is 0 Å². The van der Waals surface area contributed by atoms with Crippen LogP contribution in [-0.2, 0) is 234 Å². The second kappa shape index (κ2) is 44.8. The van der Waals surface area contributed by atoms with E-state index < -0.39 is 410 Å². The SMILES string of the molecule is O=C(O)[C@H]1O[C@@H](O)[C@H](O)[C@@H](O)[C@@H]1O[C@H]1O[C@H](COS(=O)(=O)O)[C@@H](O[C@@H]2O[C@@H](C(=O)O)[C@@H](O[C@H]3O[C@H](COS(=O)(=O)O)[C@@H](O[C@@H]4O[C@@H](C(=O)O)[C@@H](O[C@H]5O[C@H](COS(=O)(=O)O)[C@@H](O[C@@H]6O[C@H](C(=O)O)[C@@H](O[C@H]7O[C@H](COS(=O)(=O)O)[C@@H](O)[C@H](O)[C@H]7NS(=O)(=O)O)[C@H](O)[C@H]6O)[C@H](OS(=O)(=O)O)[C@H]5NS(=O)(=O)O)[C@H](O)[C@H]4OS(=O)(=O)O)[C@H](O)[C@H]3NS(=O)(=O)O)[C@H](O)[C@H]2OS(=O)(=O)O)[C@H](O)[C@H]1NS(=O)(=O)O. The lowest BCUT2D eigenvalue weighted by molar-refractivity contribution is -0.378. The van der Waals surface area contributed by atoms with Crippen LogP contribution < -0.4 is 18.9 Å². The Morgan fingerprint density at radius 2 is 0.460 bits per heavy atom. The van der Waals surface area contributed by atoms with E-state index in [1.165, 1.54) is 9.44 Å². The van der Waals surface area contributed by atoms with Crippen molar-refractivity contribution in [2.24, 2.45) is 0 Å². The smallest absolute Gasteiger partial charge is 0.397 e. The van der Waals surface area contributed by atoms with Crippen LogP contribution in [0.4, 0.5) is 0 Å². The Balaban J connectivity index is 1.16. The van der Waals surface area contributed by atoms with Gasteiger partial charge in [-0.25, -0.2) is 48.5 Å². The van der Waals surface area contributed by atoms with Crippen molar-refractivity contribution in [3.05, 3.63) is 0 Å². The number of hydrogen-bond donors (Lipinski definition) is 30. The Morgan fingerprint density at radius 3 is 0.766 bits per heavy atom. The maximum atomic E-state index is 13.5. The lowest BCUT2D eigenvalue weighted by atomic mass is 9.94. The quantitative estimate of drug-likeness (QED) is 0.0252. The molecule has 8 aliphatic heterocycles. The summed E-state index contributed by atoms with van der Waals surface area (Å²) < 4.78 is 495. The Kier molecular flexibility index (Phi) is 38.5. The highest BCUT2D eigenvalue weighted by Crippen LogP contribution is 2.42. The fourth-order valence-electron chi connectivity index (χ4n) is 13.9. The second-order valence-electron chi connectivity index (χ2n) is 28.6. The monoisotopic (exact) mass is 2250 g/mol. The third-order valence-electron chi connectivity index (χ3n) is 19.2. The summed E-state index contributed by atoms with van der Waals surface area (Å²) in [4.78, 5) is 52.0. The molecule has 800 valence electrons. The zero-order valence-corrected chi connectivity index (χ0v) is 74.6. The first-order valence-corrected chi connectivity index (χ1v) is 51.1. The van der Waals surface area contributed by atoms with Crippen molar-refractivity contribution in [1.29, 1.82) is 0 Å². The molecular weight excluding hydrogens is 2170 g/mol. The number of carboxylic acids is 4. The summed E-state index contributed by atoms with van der Waals surface area (Å²) in [7, 11) is -67.5. The Morgan fingerprint density at radius 1 is 0.219 bits per heavy atom. The third-order valence-corrected chi connectivity index (χ3v) is 24.6. The maximum absolute atomic E-state index is 13.5. The fourth-order valence-corrected chi connectivity index (χ4v) is 19.0. The summed E-state index contributed by atoms with van der Waals surface area (Å²) >= 11 is 0. The summed E-state index contributed by atoms with van der Waals surface area (Å²) in [5, 5.41) is 165. The van der Waals surface area contributed by atoms with Crippen molar-refractivity contribution < 1.29 is 339 Å². The first-order valence-electron chi connectivity index (χ1n) is 35.8. The summed E-state index contributed by atoms with van der Waals surface area (Å²) in [6.07, 6.45) is -113. The van der Waals surface area contributed by atoms with Crippen LogP contribution in [0.1, 0.15) is 0 Å². The summed E-state index contributed by atoms with van der Waals surface area (Å²) in [5.41, 5.74) is 0. The molecular formula is C48H78N4O74S11. The Labute approximate surface area is 763 Å². The summed E-state index contributed by atoms with van der Waals surface area (Å²) in [6.45, 7) is -7.86. The van der Waals surface area contributed by atoms with E-state index in [0.29, 0.717) is 0 Å². The molecule has 137 heavy (non-hydrogen) atoms. The van der Waals surface area contributed by atoms with Gasteiger partial charge in [-0.15, -0.1) is 0 Å². The molecule has 78 nitrogen and oxygen atoms in total. The zero-order valence-electron chi connectivity index (χ0n) is 65.6. The number of carbonyl (C=O) groups is 4. The van der Waals surface area contributed by atoms with Gasteiger partial charge in [0.1, 0.15) is 158 Å². The van der Waals surface area contributed by atoms with Gasteiger partial charge in [0.15, 0.2) is 86.9 Å². The highest BCUT2D eigenvalue weighted by atomic mass is 32.3. The van der Waals surface area contributed by atoms with Crippen molar-refractivity contribution in [2.75, 3.05) is 26.4 Å². The molecule has 0 aromatic heterocycles. The van der Waals surface area contributed by atoms with Crippen molar-refractivity contribution in [2.45, 2.75) is 245 Å². The van der Waals surface area contributed by atoms with Gasteiger partial charge in [0.05, 0.1) is 26.4 Å². The van der Waals surface area contributed by atoms with Crippen LogP contribution in [0.25, 0.3) is 0 Å². The van der Waals surface area contributed by atoms with E-state index in [4.69, 9.17) is 70.9 Å². The predicted molar refractivity (Wildman–Crippen MR) is 389 cm³/mol. The number of ether oxygens (including phenoxy) is 15. The van der Waals surface area contributed by atoms with Crippen LogP contribution in [0.5, 0.6) is 0 Å². The third kappa shape index (κ3) is 33.0. The number of aliphatic hydroxyl groups is 11. The average Bonchev–Trinajstić information content (AvgIpc) is 0.756. The van der Waals surface area contributed by atoms with Gasteiger partial charge < -0.3 is 148 Å². The van der Waals surface area contributed by atoms with E-state index in [1.54, 1.807) is 0 Å². The minimum atomic E-state index is -6.57. The molecule has 0 radical (unpaired) electrons. The number of carboxylic acid groups (broad SMARTS) is 4. The van der Waals surface area contributed by atoms with Gasteiger partial charge in [-0.2, -0.15) is 111 Å². The second-order valence-corrected chi connectivity index (χ2v) is 40.9. The molecule has 8 heterocycles. The van der Waals surface area contributed by atoms with Crippen LogP contribution in [0.2, 0.25) is 0 Å². The first-order chi connectivity index (χ1) is 62.1. The maximum Gasteiger partial charge on any atom is 0.397 e. The lowest BCUT2D eigenvalue weighted by Gasteiger charge is -2.51. The van der Waals surface area contributed by atoms with E-state index in [9.17, 15) is 234 Å². The molecule has 8 saturated heterocycles. The molecule has 30 N–H and O–H groups in total. The molecule has 0 spiro atoms. The topological polar surface area (TPSA) is 1220 Å². The first kappa shape index (κ1) is 118. The number of nitrogens with one attached hydrogen (secondary N) is 4. The van der Waals surface area contributed by atoms with E-state index in [2.05, 4.69) is 34.0 Å². The van der Waals surface area contributed by atoms with Gasteiger partial charge in [0.25, 0.3) is 0 Å². The van der Waals surface area contributed by atoms with Crippen molar-refractivity contribution >= 4 is 138 Å². The van der Waals surface area contributed by atoms with Gasteiger partial charge >= 0.3 is 138 Å². The van der Waals surface area contributed by atoms with Crippen LogP contribution >= 0.6 is 0 Å². The van der Waals surface area contributed by atoms with Gasteiger partial charge in [0, 0.05) is 0 Å². The van der Waals surface area contributed by atoms with Crippen molar-refractivity contribution in [3.63, 3.8) is 0 Å². The van der Waals surface area contributed by atoms with Crippen molar-refractivity contribution in [3.8, 4) is 0 Å². The van der Waals surface area contributed by atoms with E-state index in [-0.39, 0.29) is 0 Å². The minimum Gasteiger partial charge on any atom is -0.479 e. The van der Waals surface area contributed by atoms with Crippen LogP contribution in [0.3, 0.4) is 0 Å². The predicted octanol–water partition coefficient (Wildman–Crippen LogP) is -21.7. The normalized spacial score (nSPS) is 40.2. The average molecular weight is 2250 g/mol. The van der Waals surface area contributed by atoms with E-state index in [0.717, 1.165) is 9.44 Å². The molecule has 8 aliphatic rings. The standard InChI is InChI=1S/C48H78N4O74S11/c53-13-5(1-105-131(84,85)86)109-42(9(14(13)54)49-127(72,73)74)118-28-18(58)20(60)46(121-34(28)38(65)66)116-25-8(4-108-134(93,94)95)112-45(12(52-130(81,82)83)26(25)124-135(96,97)98)120-30-22(62)32(126-137(102,103)104)48(123-36(30)40(69)70)115-24-7(3-107-133(90,91)92)111-44(11(16(24)56)51-129(78,79)80)119-29-21(61)31(125-136(99,100)101)47(122-35(29)39(67)68)114-23-6(2-106-132(87,88)89)110-43(10(15(23)55)50-128(75,76)77)117-27-17(57)19(59)41(71)113-33(27)37(63)64/h5-36,41-62,71H,1-4H2,(H,63,64)(H,65,66)(H,67,68)(H,69,70)(H,72,73,74)(H,75,76,77)(H,78,79,80)(H,81,82,83)(H,84,85,86)(H,87,88,89)(H,90,91,92)(H,93,94,95)(H,96,97,98)(H,99,100,101)(H,102,103,104)/t5-,6-,7-,8-,9-,10-,11-,12-,13-,14-,15-,16-,17-,18-,19-,20-,21+,22+,23-,24-,25-,26-,27+,28+,29+,30+,31-,32-,33+,34+,35-,36-,41-,42-,43-,44-,45-,46-,47-,48-/m1/s1. The molecule has 0 aromatic carbocycles. The minimum absolute atomic E-state index is 1.01. The number of hydrogen-bond acceptors (Lipinski definition) is 59. The van der Waals surface area contributed by atoms with Gasteiger partial charge in [-0.3, -0.25) is 50.1 Å². The summed E-state index contributed by atoms with van der Waals surface area (Å²) in [6, 6.07) is -12.4. The van der Waals surface area contributed by atoms with Crippen LogP contribution in [-0.4, -0.2) is 515 Å². The molecule has 0 aromatic rings. The van der Waals surface area contributed by atoms with Gasteiger partial charge in [0.2, 0.25) is 0 Å². The zero-order chi connectivity index (χ0) is 104. The molecule has 0 aliphatic carbocycles. The Hall–Kier alpha value is -4.59. The molecule has 0 bridgehead atoms. The highest BCUT2D eigenvalue weighted by Gasteiger charge is 2.65. The van der Waals surface area contributed by atoms with Crippen LogP contribution in [0.15, 0.2) is 0 Å². The largest absolute Gasteiger partial charge is 0.479 e. The van der Waals surface area contributed by atoms with Gasteiger partial charge in [-0.1, -0.05) is 0 Å². The molecule has 0 saturated carbocycles. The molecule has 8 fully saturated rings. The summed E-state index contributed by atoms with van der Waals surface area (Å²) in [5.74, 6) is -10.2. The molecule has 0 amide bonds. The molecule has 89 heteroatoms.